The molecular formula is C14H14N2O. The van der Waals surface area contributed by atoms with Gasteiger partial charge >= 0.3 is 0 Å². The Bertz CT molecular complexity index is 521. The van der Waals surface area contributed by atoms with Crippen LogP contribution in [-0.4, -0.2) is 10.8 Å². The molecule has 0 unspecified atom stereocenters. The first-order valence-corrected chi connectivity index (χ1v) is 5.41. The van der Waals surface area contributed by atoms with Gasteiger partial charge in [-0.2, -0.15) is 5.10 Å². The first-order chi connectivity index (χ1) is 8.27. The number of aromatic hydroxyl groups is 1. The van der Waals surface area contributed by atoms with E-state index in [0.717, 1.165) is 17.0 Å². The van der Waals surface area contributed by atoms with Crippen LogP contribution >= 0.6 is 0 Å². The molecule has 2 rings (SSSR count). The van der Waals surface area contributed by atoms with Crippen LogP contribution in [0.4, 0.5) is 5.69 Å². The molecule has 0 spiro atoms. The Hall–Kier alpha value is -2.29. The molecule has 0 aliphatic rings. The Morgan fingerprint density at radius 2 is 1.65 bits per heavy atom. The van der Waals surface area contributed by atoms with E-state index in [9.17, 15) is 5.11 Å². The lowest BCUT2D eigenvalue weighted by molar-refractivity contribution is 0.474. The molecule has 0 heterocycles. The van der Waals surface area contributed by atoms with Crippen molar-refractivity contribution in [3.63, 3.8) is 0 Å². The summed E-state index contributed by atoms with van der Waals surface area (Å²) < 4.78 is 0. The van der Waals surface area contributed by atoms with Crippen molar-refractivity contribution in [1.82, 2.24) is 0 Å². The van der Waals surface area contributed by atoms with Gasteiger partial charge in [0.1, 0.15) is 5.75 Å². The molecule has 2 aromatic carbocycles. The highest BCUT2D eigenvalue weighted by Gasteiger charge is 2.02. The van der Waals surface area contributed by atoms with Crippen LogP contribution in [-0.2, 0) is 0 Å². The van der Waals surface area contributed by atoms with Crippen molar-refractivity contribution in [2.24, 2.45) is 5.10 Å². The zero-order chi connectivity index (χ0) is 12.1. The smallest absolute Gasteiger partial charge is 0.124 e. The Morgan fingerprint density at radius 1 is 1.00 bits per heavy atom. The number of benzene rings is 2. The predicted octanol–water partition coefficient (Wildman–Crippen LogP) is 3.23. The molecule has 86 valence electrons. The summed E-state index contributed by atoms with van der Waals surface area (Å²) >= 11 is 0. The van der Waals surface area contributed by atoms with E-state index < -0.39 is 0 Å². The van der Waals surface area contributed by atoms with E-state index in [1.54, 1.807) is 12.1 Å². The Morgan fingerprint density at radius 3 is 2.35 bits per heavy atom. The molecule has 3 nitrogen and oxygen atoms in total. The first-order valence-electron chi connectivity index (χ1n) is 5.41. The zero-order valence-electron chi connectivity index (χ0n) is 9.59. The molecule has 2 N–H and O–H groups in total. The fourth-order valence-electron chi connectivity index (χ4n) is 1.50. The van der Waals surface area contributed by atoms with Crippen LogP contribution in [0.3, 0.4) is 0 Å². The summed E-state index contributed by atoms with van der Waals surface area (Å²) in [5.41, 5.74) is 5.34. The molecule has 0 aliphatic carbocycles. The lowest BCUT2D eigenvalue weighted by atomic mass is 10.1. The van der Waals surface area contributed by atoms with E-state index in [1.807, 2.05) is 49.4 Å². The normalized spacial score (nSPS) is 11.2. The van der Waals surface area contributed by atoms with Gasteiger partial charge in [-0.25, -0.2) is 0 Å². The molecule has 0 radical (unpaired) electrons. The minimum Gasteiger partial charge on any atom is -0.507 e. The largest absolute Gasteiger partial charge is 0.507 e. The number of hydrazone groups is 1. The number of rotatable bonds is 3. The van der Waals surface area contributed by atoms with Crippen LogP contribution in [0.15, 0.2) is 59.7 Å². The lowest BCUT2D eigenvalue weighted by Crippen LogP contribution is -1.99. The van der Waals surface area contributed by atoms with Crippen LogP contribution in [0, 0.1) is 0 Å². The SMILES string of the molecule is C/C(=N/Nc1ccccc1)c1ccccc1O. The fourth-order valence-corrected chi connectivity index (χ4v) is 1.50. The standard InChI is InChI=1S/C14H14N2O/c1-11(13-9-5-6-10-14(13)17)15-16-12-7-3-2-4-8-12/h2-10,16-17H,1H3/b15-11-. The highest BCUT2D eigenvalue weighted by atomic mass is 16.3. The summed E-state index contributed by atoms with van der Waals surface area (Å²) in [7, 11) is 0. The first kappa shape index (κ1) is 11.2. The summed E-state index contributed by atoms with van der Waals surface area (Å²) in [4.78, 5) is 0. The molecule has 0 aliphatic heterocycles. The molecule has 0 aromatic heterocycles. The van der Waals surface area contributed by atoms with Gasteiger partial charge < -0.3 is 5.11 Å². The van der Waals surface area contributed by atoms with Crippen molar-refractivity contribution >= 4 is 11.4 Å². The minimum absolute atomic E-state index is 0.239. The summed E-state index contributed by atoms with van der Waals surface area (Å²) in [5.74, 6) is 0.239. The number of hydrogen-bond acceptors (Lipinski definition) is 3. The van der Waals surface area contributed by atoms with Crippen molar-refractivity contribution in [1.29, 1.82) is 0 Å². The Labute approximate surface area is 100 Å². The van der Waals surface area contributed by atoms with E-state index in [1.165, 1.54) is 0 Å². The molecule has 0 atom stereocenters. The van der Waals surface area contributed by atoms with Crippen molar-refractivity contribution < 1.29 is 5.11 Å². The molecule has 0 saturated carbocycles. The van der Waals surface area contributed by atoms with E-state index in [0.29, 0.717) is 0 Å². The Kier molecular flexibility index (Phi) is 3.40. The summed E-state index contributed by atoms with van der Waals surface area (Å²) in [6, 6.07) is 16.8. The average molecular weight is 226 g/mol. The van der Waals surface area contributed by atoms with E-state index >= 15 is 0 Å². The number of nitrogens with zero attached hydrogens (tertiary/aromatic N) is 1. The van der Waals surface area contributed by atoms with Gasteiger partial charge in [-0.1, -0.05) is 30.3 Å². The molecule has 3 heteroatoms. The molecule has 0 amide bonds. The second-order valence-corrected chi connectivity index (χ2v) is 3.69. The number of hydrogen-bond donors (Lipinski definition) is 2. The third-order valence-electron chi connectivity index (χ3n) is 2.42. The van der Waals surface area contributed by atoms with Gasteiger partial charge in [0.05, 0.1) is 11.4 Å². The summed E-state index contributed by atoms with van der Waals surface area (Å²) in [6.45, 7) is 1.85. The number of phenols is 1. The average Bonchev–Trinajstić information content (AvgIpc) is 2.38. The topological polar surface area (TPSA) is 44.6 Å². The molecule has 2 aromatic rings. The van der Waals surface area contributed by atoms with Crippen molar-refractivity contribution in [2.75, 3.05) is 5.43 Å². The quantitative estimate of drug-likeness (QED) is 0.623. The van der Waals surface area contributed by atoms with Gasteiger partial charge in [0, 0.05) is 5.56 Å². The second kappa shape index (κ2) is 5.16. The maximum Gasteiger partial charge on any atom is 0.124 e. The van der Waals surface area contributed by atoms with Gasteiger partial charge in [0.2, 0.25) is 0 Å². The van der Waals surface area contributed by atoms with Gasteiger partial charge in [-0.15, -0.1) is 0 Å². The highest BCUT2D eigenvalue weighted by Crippen LogP contribution is 2.16. The molecule has 0 saturated heterocycles. The molecule has 17 heavy (non-hydrogen) atoms. The van der Waals surface area contributed by atoms with Crippen molar-refractivity contribution in [2.45, 2.75) is 6.92 Å². The van der Waals surface area contributed by atoms with E-state index in [-0.39, 0.29) is 5.75 Å². The van der Waals surface area contributed by atoms with E-state index in [2.05, 4.69) is 10.5 Å². The lowest BCUT2D eigenvalue weighted by Gasteiger charge is -2.05. The summed E-state index contributed by atoms with van der Waals surface area (Å²) in [5, 5.41) is 13.9. The minimum atomic E-state index is 0.239. The van der Waals surface area contributed by atoms with Gasteiger partial charge in [-0.05, 0) is 31.2 Å². The van der Waals surface area contributed by atoms with Crippen LogP contribution in [0.1, 0.15) is 12.5 Å². The highest BCUT2D eigenvalue weighted by molar-refractivity contribution is 6.01. The number of phenolic OH excluding ortho intramolecular Hbond substituents is 1. The predicted molar refractivity (Wildman–Crippen MR) is 70.4 cm³/mol. The molecule has 0 fully saturated rings. The molecular weight excluding hydrogens is 212 g/mol. The third-order valence-corrected chi connectivity index (χ3v) is 2.42. The third kappa shape index (κ3) is 2.84. The fraction of sp³-hybridized carbons (Fsp3) is 0.0714. The van der Waals surface area contributed by atoms with Gasteiger partial charge in [0.25, 0.3) is 0 Å². The number of para-hydroxylation sites is 2. The van der Waals surface area contributed by atoms with Crippen molar-refractivity contribution in [3.8, 4) is 5.75 Å². The van der Waals surface area contributed by atoms with Crippen molar-refractivity contribution in [3.05, 3.63) is 60.2 Å². The monoisotopic (exact) mass is 226 g/mol. The Balaban J connectivity index is 2.16. The number of anilines is 1. The van der Waals surface area contributed by atoms with Crippen LogP contribution < -0.4 is 5.43 Å². The van der Waals surface area contributed by atoms with Crippen LogP contribution in [0.25, 0.3) is 0 Å². The second-order valence-electron chi connectivity index (χ2n) is 3.69. The maximum absolute atomic E-state index is 9.67. The van der Waals surface area contributed by atoms with Crippen LogP contribution in [0.2, 0.25) is 0 Å². The summed E-state index contributed by atoms with van der Waals surface area (Å²) in [6.07, 6.45) is 0. The van der Waals surface area contributed by atoms with Gasteiger partial charge in [0.15, 0.2) is 0 Å². The molecule has 0 bridgehead atoms. The van der Waals surface area contributed by atoms with Gasteiger partial charge in [-0.3, -0.25) is 5.43 Å². The van der Waals surface area contributed by atoms with E-state index in [4.69, 9.17) is 0 Å². The van der Waals surface area contributed by atoms with Crippen LogP contribution in [0.5, 0.6) is 5.75 Å². The maximum atomic E-state index is 9.67. The zero-order valence-corrected chi connectivity index (χ0v) is 9.59. The number of nitrogens with one attached hydrogen (secondary N) is 1.